The van der Waals surface area contributed by atoms with Crippen LogP contribution in [0.5, 0.6) is 0 Å². The van der Waals surface area contributed by atoms with Gasteiger partial charge in [0.25, 0.3) is 5.91 Å². The van der Waals surface area contributed by atoms with Crippen LogP contribution in [0.4, 0.5) is 18.9 Å². The number of fused-ring (bicyclic) bond motifs is 1. The van der Waals surface area contributed by atoms with Gasteiger partial charge < -0.3 is 9.52 Å². The van der Waals surface area contributed by atoms with Crippen molar-refractivity contribution in [3.8, 4) is 0 Å². The van der Waals surface area contributed by atoms with E-state index in [-0.39, 0.29) is 17.0 Å². The highest BCUT2D eigenvalue weighted by molar-refractivity contribution is 9.10. The molecular formula is C27H17BrF3NO4. The quantitative estimate of drug-likeness (QED) is 0.268. The number of aryl methyl sites for hydroxylation is 1. The van der Waals surface area contributed by atoms with Gasteiger partial charge in [0.1, 0.15) is 5.58 Å². The number of alkyl halides is 3. The maximum absolute atomic E-state index is 13.6. The number of rotatable bonds is 4. The van der Waals surface area contributed by atoms with Gasteiger partial charge in [-0.05, 0) is 55.0 Å². The Morgan fingerprint density at radius 2 is 1.78 bits per heavy atom. The van der Waals surface area contributed by atoms with Crippen LogP contribution in [0.1, 0.15) is 33.3 Å². The molecule has 1 N–H and O–H groups in total. The molecule has 182 valence electrons. The Morgan fingerprint density at radius 1 is 1.03 bits per heavy atom. The minimum absolute atomic E-state index is 0.107. The largest absolute Gasteiger partial charge is 0.503 e. The first-order chi connectivity index (χ1) is 17.0. The topological polar surface area (TPSA) is 70.7 Å². The van der Waals surface area contributed by atoms with Crippen molar-refractivity contribution < 1.29 is 32.3 Å². The molecule has 1 amide bonds. The second-order valence-corrected chi connectivity index (χ2v) is 9.34. The van der Waals surface area contributed by atoms with Gasteiger partial charge in [-0.25, -0.2) is 0 Å². The van der Waals surface area contributed by atoms with Crippen LogP contribution in [0.3, 0.4) is 0 Å². The van der Waals surface area contributed by atoms with E-state index in [1.807, 2.05) is 0 Å². The lowest BCUT2D eigenvalue weighted by atomic mass is 9.93. The average Bonchev–Trinajstić information content (AvgIpc) is 3.36. The molecule has 5 nitrogen and oxygen atoms in total. The average molecular weight is 556 g/mol. The summed E-state index contributed by atoms with van der Waals surface area (Å²) in [7, 11) is 0. The number of amides is 1. The smallest absolute Gasteiger partial charge is 0.416 e. The summed E-state index contributed by atoms with van der Waals surface area (Å²) < 4.78 is 46.7. The van der Waals surface area contributed by atoms with Crippen molar-refractivity contribution in [1.29, 1.82) is 0 Å². The zero-order valence-electron chi connectivity index (χ0n) is 18.6. The monoisotopic (exact) mass is 555 g/mol. The predicted octanol–water partition coefficient (Wildman–Crippen LogP) is 7.31. The summed E-state index contributed by atoms with van der Waals surface area (Å²) in [5.41, 5.74) is 0.332. The van der Waals surface area contributed by atoms with Gasteiger partial charge in [0.2, 0.25) is 5.78 Å². The van der Waals surface area contributed by atoms with E-state index in [4.69, 9.17) is 4.42 Å². The normalized spacial score (nSPS) is 16.3. The van der Waals surface area contributed by atoms with Crippen LogP contribution in [0, 0.1) is 6.92 Å². The van der Waals surface area contributed by atoms with Gasteiger partial charge in [0, 0.05) is 15.5 Å². The Bertz CT molecular complexity index is 1570. The van der Waals surface area contributed by atoms with E-state index in [2.05, 4.69) is 15.9 Å². The minimum atomic E-state index is -4.64. The van der Waals surface area contributed by atoms with Gasteiger partial charge in [-0.2, -0.15) is 13.2 Å². The number of Topliss-reactive ketones (excluding diaryl/α,β-unsaturated/α-hetero) is 1. The van der Waals surface area contributed by atoms with Gasteiger partial charge >= 0.3 is 6.18 Å². The molecule has 0 radical (unpaired) electrons. The molecule has 4 aromatic rings. The van der Waals surface area contributed by atoms with Crippen molar-refractivity contribution in [2.75, 3.05) is 4.90 Å². The lowest BCUT2D eigenvalue weighted by Gasteiger charge is -2.27. The highest BCUT2D eigenvalue weighted by Gasteiger charge is 2.46. The molecule has 0 aliphatic carbocycles. The van der Waals surface area contributed by atoms with Gasteiger partial charge in [-0.15, -0.1) is 0 Å². The van der Waals surface area contributed by atoms with Gasteiger partial charge in [-0.1, -0.05) is 51.8 Å². The molecule has 1 aliphatic heterocycles. The van der Waals surface area contributed by atoms with E-state index in [9.17, 15) is 27.9 Å². The first-order valence-electron chi connectivity index (χ1n) is 10.8. The number of aliphatic hydroxyl groups excluding tert-OH is 1. The van der Waals surface area contributed by atoms with Gasteiger partial charge in [0.05, 0.1) is 17.2 Å². The Kier molecular flexibility index (Phi) is 5.75. The number of furan rings is 1. The summed E-state index contributed by atoms with van der Waals surface area (Å²) in [5, 5.41) is 11.5. The third-order valence-corrected chi connectivity index (χ3v) is 6.46. The van der Waals surface area contributed by atoms with E-state index in [1.165, 1.54) is 18.2 Å². The Balaban J connectivity index is 1.67. The summed E-state index contributed by atoms with van der Waals surface area (Å²) in [6, 6.07) is 16.5. The SMILES string of the molecule is Cc1cccc(C2C(C(=O)c3cc4cc(Br)ccc4o3)=C(O)C(=O)N2c2cccc(C(F)(F)F)c2)c1. The summed E-state index contributed by atoms with van der Waals surface area (Å²) in [5.74, 6) is -2.68. The molecule has 36 heavy (non-hydrogen) atoms. The van der Waals surface area contributed by atoms with Gasteiger partial charge in [-0.3, -0.25) is 14.5 Å². The number of carbonyl (C=O) groups excluding carboxylic acids is 2. The molecule has 0 saturated carbocycles. The zero-order valence-corrected chi connectivity index (χ0v) is 20.2. The third kappa shape index (κ3) is 4.09. The highest BCUT2D eigenvalue weighted by atomic mass is 79.9. The van der Waals surface area contributed by atoms with Crippen LogP contribution >= 0.6 is 15.9 Å². The predicted molar refractivity (Wildman–Crippen MR) is 131 cm³/mol. The van der Waals surface area contributed by atoms with Crippen LogP contribution in [0.15, 0.2) is 93.0 Å². The van der Waals surface area contributed by atoms with Crippen molar-refractivity contribution in [3.63, 3.8) is 0 Å². The highest BCUT2D eigenvalue weighted by Crippen LogP contribution is 2.43. The van der Waals surface area contributed by atoms with Gasteiger partial charge in [0.15, 0.2) is 11.5 Å². The number of aliphatic hydroxyl groups is 1. The maximum Gasteiger partial charge on any atom is 0.416 e. The molecule has 0 bridgehead atoms. The van der Waals surface area contributed by atoms with Crippen molar-refractivity contribution >= 4 is 44.3 Å². The molecular weight excluding hydrogens is 539 g/mol. The second kappa shape index (κ2) is 8.67. The molecule has 1 aliphatic rings. The van der Waals surface area contributed by atoms with Crippen LogP contribution in [0.25, 0.3) is 11.0 Å². The van der Waals surface area contributed by atoms with E-state index in [0.717, 1.165) is 27.1 Å². The van der Waals surface area contributed by atoms with Crippen LogP contribution in [-0.4, -0.2) is 16.8 Å². The summed E-state index contributed by atoms with van der Waals surface area (Å²) in [4.78, 5) is 27.9. The fourth-order valence-electron chi connectivity index (χ4n) is 4.35. The zero-order chi connectivity index (χ0) is 25.8. The van der Waals surface area contributed by atoms with Crippen molar-refractivity contribution in [2.24, 2.45) is 0 Å². The molecule has 1 atom stereocenters. The van der Waals surface area contributed by atoms with Crippen LogP contribution < -0.4 is 4.90 Å². The van der Waals surface area contributed by atoms with Crippen molar-refractivity contribution in [2.45, 2.75) is 19.1 Å². The first kappa shape index (κ1) is 23.9. The summed E-state index contributed by atoms with van der Waals surface area (Å²) >= 11 is 3.36. The lowest BCUT2D eigenvalue weighted by Crippen LogP contribution is -2.31. The van der Waals surface area contributed by atoms with E-state index >= 15 is 0 Å². The van der Waals surface area contributed by atoms with E-state index in [0.29, 0.717) is 16.5 Å². The first-order valence-corrected chi connectivity index (χ1v) is 11.6. The Morgan fingerprint density at radius 3 is 2.50 bits per heavy atom. The lowest BCUT2D eigenvalue weighted by molar-refractivity contribution is -0.137. The van der Waals surface area contributed by atoms with E-state index < -0.39 is 35.2 Å². The van der Waals surface area contributed by atoms with Crippen molar-refractivity contribution in [3.05, 3.63) is 111 Å². The molecule has 3 aromatic carbocycles. The van der Waals surface area contributed by atoms with Crippen molar-refractivity contribution in [1.82, 2.24) is 0 Å². The number of halogens is 4. The molecule has 1 unspecified atom stereocenters. The Hall–Kier alpha value is -3.85. The fraction of sp³-hybridized carbons (Fsp3) is 0.111. The number of hydrogen-bond acceptors (Lipinski definition) is 4. The molecule has 1 aromatic heterocycles. The summed E-state index contributed by atoms with van der Waals surface area (Å²) in [6.45, 7) is 1.80. The molecule has 5 rings (SSSR count). The molecule has 0 fully saturated rings. The number of benzene rings is 3. The summed E-state index contributed by atoms with van der Waals surface area (Å²) in [6.07, 6.45) is -4.64. The van der Waals surface area contributed by atoms with Crippen LogP contribution in [-0.2, 0) is 11.0 Å². The fourth-order valence-corrected chi connectivity index (χ4v) is 4.73. The Labute approximate surface area is 211 Å². The number of carbonyl (C=O) groups is 2. The number of ketones is 1. The second-order valence-electron chi connectivity index (χ2n) is 8.42. The minimum Gasteiger partial charge on any atom is -0.503 e. The van der Waals surface area contributed by atoms with Crippen LogP contribution in [0.2, 0.25) is 0 Å². The van der Waals surface area contributed by atoms with E-state index in [1.54, 1.807) is 49.4 Å². The molecule has 2 heterocycles. The molecule has 9 heteroatoms. The standard InChI is InChI=1S/C27H17BrF3NO4/c1-14-4-2-5-15(10-14)23-22(24(33)21-12-16-11-18(28)8-9-20(16)36-21)25(34)26(35)32(23)19-7-3-6-17(13-19)27(29,30)31/h2-13,23,34H,1H3. The number of nitrogens with zero attached hydrogens (tertiary/aromatic N) is 1. The number of hydrogen-bond donors (Lipinski definition) is 1. The third-order valence-electron chi connectivity index (χ3n) is 5.96. The molecule has 0 spiro atoms. The molecule has 0 saturated heterocycles. The number of anilines is 1. The maximum atomic E-state index is 13.6.